The number of hydrogen-bond donors (Lipinski definition) is 2. The Hall–Kier alpha value is -0.520. The highest BCUT2D eigenvalue weighted by Gasteiger charge is 2.32. The Morgan fingerprint density at radius 1 is 1.35 bits per heavy atom. The molecule has 1 aromatic carbocycles. The normalized spacial score (nSPS) is 20.9. The number of ether oxygens (including phenoxy) is 1. The number of amides is 1. The molecular formula is C16H23Cl3N2O2. The van der Waals surface area contributed by atoms with Crippen LogP contribution in [0.1, 0.15) is 32.3 Å². The molecule has 3 N–H and O–H groups in total. The van der Waals surface area contributed by atoms with Crippen molar-refractivity contribution in [1.29, 1.82) is 0 Å². The van der Waals surface area contributed by atoms with Crippen molar-refractivity contribution in [3.05, 3.63) is 33.8 Å². The molecule has 1 aromatic rings. The average molecular weight is 382 g/mol. The van der Waals surface area contributed by atoms with Crippen LogP contribution in [0.25, 0.3) is 0 Å². The molecule has 0 aromatic heterocycles. The fraction of sp³-hybridized carbons (Fsp3) is 0.562. The number of nitrogens with one attached hydrogen (secondary N) is 1. The molecule has 23 heavy (non-hydrogen) atoms. The minimum Gasteiger partial charge on any atom is -0.364 e. The maximum atomic E-state index is 12.2. The number of benzene rings is 1. The number of carbonyl (C=O) groups is 1. The van der Waals surface area contributed by atoms with E-state index in [0.29, 0.717) is 29.6 Å². The molecular weight excluding hydrogens is 359 g/mol. The van der Waals surface area contributed by atoms with Gasteiger partial charge in [0.05, 0.1) is 6.10 Å². The third-order valence-corrected chi connectivity index (χ3v) is 4.64. The average Bonchev–Trinajstić information content (AvgIpc) is 2.93. The monoisotopic (exact) mass is 380 g/mol. The van der Waals surface area contributed by atoms with Crippen molar-refractivity contribution in [2.24, 2.45) is 5.73 Å². The lowest BCUT2D eigenvalue weighted by Crippen LogP contribution is -2.42. The summed E-state index contributed by atoms with van der Waals surface area (Å²) in [5, 5.41) is 4.15. The Morgan fingerprint density at radius 2 is 1.96 bits per heavy atom. The SMILES string of the molecule is CC(C)(CNC(=O)[C@@H]1CC[C@H](CN)O1)c1c(Cl)cccc1Cl.Cl. The minimum absolute atomic E-state index is 0. The summed E-state index contributed by atoms with van der Waals surface area (Å²) in [4.78, 5) is 12.2. The molecule has 0 unspecified atom stereocenters. The van der Waals surface area contributed by atoms with E-state index in [1.165, 1.54) is 0 Å². The summed E-state index contributed by atoms with van der Waals surface area (Å²) in [6, 6.07) is 5.42. The molecule has 1 heterocycles. The molecule has 0 spiro atoms. The summed E-state index contributed by atoms with van der Waals surface area (Å²) in [7, 11) is 0. The maximum absolute atomic E-state index is 12.2. The van der Waals surface area contributed by atoms with Gasteiger partial charge in [-0.15, -0.1) is 12.4 Å². The zero-order valence-corrected chi connectivity index (χ0v) is 15.6. The van der Waals surface area contributed by atoms with Crippen LogP contribution in [0.4, 0.5) is 0 Å². The van der Waals surface area contributed by atoms with E-state index in [1.807, 2.05) is 19.9 Å². The van der Waals surface area contributed by atoms with Crippen molar-refractivity contribution in [2.75, 3.05) is 13.1 Å². The quantitative estimate of drug-likeness (QED) is 0.822. The van der Waals surface area contributed by atoms with Crippen molar-refractivity contribution in [3.8, 4) is 0 Å². The van der Waals surface area contributed by atoms with Crippen LogP contribution in [-0.4, -0.2) is 31.2 Å². The molecule has 0 aliphatic carbocycles. The lowest BCUT2D eigenvalue weighted by Gasteiger charge is -2.28. The highest BCUT2D eigenvalue weighted by Crippen LogP contribution is 2.35. The van der Waals surface area contributed by atoms with E-state index in [0.717, 1.165) is 12.0 Å². The van der Waals surface area contributed by atoms with E-state index in [9.17, 15) is 4.79 Å². The zero-order chi connectivity index (χ0) is 16.3. The zero-order valence-electron chi connectivity index (χ0n) is 13.3. The van der Waals surface area contributed by atoms with E-state index >= 15 is 0 Å². The van der Waals surface area contributed by atoms with E-state index in [2.05, 4.69) is 5.32 Å². The van der Waals surface area contributed by atoms with E-state index in [1.54, 1.807) is 12.1 Å². The molecule has 4 nitrogen and oxygen atoms in total. The van der Waals surface area contributed by atoms with Crippen molar-refractivity contribution in [3.63, 3.8) is 0 Å². The Morgan fingerprint density at radius 3 is 2.48 bits per heavy atom. The summed E-state index contributed by atoms with van der Waals surface area (Å²) < 4.78 is 5.60. The van der Waals surface area contributed by atoms with Gasteiger partial charge in [-0.25, -0.2) is 0 Å². The summed E-state index contributed by atoms with van der Waals surface area (Å²) >= 11 is 12.5. The fourth-order valence-corrected chi connectivity index (χ4v) is 3.64. The summed E-state index contributed by atoms with van der Waals surface area (Å²) in [5.41, 5.74) is 6.02. The standard InChI is InChI=1S/C16H22Cl2N2O2.ClH/c1-16(2,14-11(17)4-3-5-12(14)18)9-20-15(21)13-7-6-10(8-19)22-13;/h3-5,10,13H,6-9,19H2,1-2H3,(H,20,21);1H/t10-,13+;/m1./s1. The van der Waals surface area contributed by atoms with E-state index < -0.39 is 6.10 Å². The number of halogens is 3. The van der Waals surface area contributed by atoms with Crippen LogP contribution >= 0.6 is 35.6 Å². The first kappa shape index (κ1) is 20.5. The molecule has 0 bridgehead atoms. The second kappa shape index (κ2) is 8.54. The lowest BCUT2D eigenvalue weighted by molar-refractivity contribution is -0.132. The van der Waals surface area contributed by atoms with Crippen molar-refractivity contribution in [2.45, 2.75) is 44.3 Å². The molecule has 1 aliphatic heterocycles. The second-order valence-corrected chi connectivity index (χ2v) is 7.07. The molecule has 1 fully saturated rings. The molecule has 1 saturated heterocycles. The first-order chi connectivity index (χ1) is 10.3. The smallest absolute Gasteiger partial charge is 0.249 e. The Labute approximate surface area is 153 Å². The van der Waals surface area contributed by atoms with Gasteiger partial charge in [0.15, 0.2) is 0 Å². The third kappa shape index (κ3) is 4.97. The minimum atomic E-state index is -0.411. The summed E-state index contributed by atoms with van der Waals surface area (Å²) in [6.45, 7) is 4.88. The van der Waals surface area contributed by atoms with Gasteiger partial charge in [0.25, 0.3) is 0 Å². The van der Waals surface area contributed by atoms with Gasteiger partial charge in [0.2, 0.25) is 5.91 Å². The Bertz CT molecular complexity index is 532. The van der Waals surface area contributed by atoms with Gasteiger partial charge in [0.1, 0.15) is 6.10 Å². The van der Waals surface area contributed by atoms with Gasteiger partial charge in [-0.1, -0.05) is 43.1 Å². The van der Waals surface area contributed by atoms with Crippen LogP contribution in [-0.2, 0) is 14.9 Å². The van der Waals surface area contributed by atoms with E-state index in [-0.39, 0.29) is 29.8 Å². The van der Waals surface area contributed by atoms with Gasteiger partial charge in [-0.05, 0) is 30.5 Å². The van der Waals surface area contributed by atoms with Crippen LogP contribution in [0.3, 0.4) is 0 Å². The predicted molar refractivity (Wildman–Crippen MR) is 96.7 cm³/mol. The van der Waals surface area contributed by atoms with Gasteiger partial charge in [-0.3, -0.25) is 4.79 Å². The van der Waals surface area contributed by atoms with Crippen molar-refractivity contribution >= 4 is 41.5 Å². The molecule has 2 atom stereocenters. The first-order valence-electron chi connectivity index (χ1n) is 7.43. The number of rotatable bonds is 5. The van der Waals surface area contributed by atoms with Crippen molar-refractivity contribution in [1.82, 2.24) is 5.32 Å². The number of nitrogens with two attached hydrogens (primary N) is 1. The summed E-state index contributed by atoms with van der Waals surface area (Å²) in [6.07, 6.45) is 1.11. The molecule has 1 amide bonds. The predicted octanol–water partition coefficient (Wildman–Crippen LogP) is 3.32. The third-order valence-electron chi connectivity index (χ3n) is 4.01. The second-order valence-electron chi connectivity index (χ2n) is 6.26. The molecule has 0 radical (unpaired) electrons. The van der Waals surface area contributed by atoms with Gasteiger partial charge < -0.3 is 15.8 Å². The maximum Gasteiger partial charge on any atom is 0.249 e. The topological polar surface area (TPSA) is 64.4 Å². The van der Waals surface area contributed by atoms with Crippen molar-refractivity contribution < 1.29 is 9.53 Å². The van der Waals surface area contributed by atoms with E-state index in [4.69, 9.17) is 33.7 Å². The largest absolute Gasteiger partial charge is 0.364 e. The molecule has 2 rings (SSSR count). The molecule has 0 saturated carbocycles. The summed E-state index contributed by atoms with van der Waals surface area (Å²) in [5.74, 6) is -0.104. The van der Waals surface area contributed by atoms with Gasteiger partial charge in [-0.2, -0.15) is 0 Å². The molecule has 1 aliphatic rings. The Kier molecular flexibility index (Phi) is 7.62. The Balaban J connectivity index is 0.00000264. The number of carbonyl (C=O) groups excluding carboxylic acids is 1. The van der Waals surface area contributed by atoms with Crippen LogP contribution in [0.5, 0.6) is 0 Å². The van der Waals surface area contributed by atoms with Gasteiger partial charge in [0, 0.05) is 28.5 Å². The highest BCUT2D eigenvalue weighted by molar-refractivity contribution is 6.36. The van der Waals surface area contributed by atoms with Gasteiger partial charge >= 0.3 is 0 Å². The van der Waals surface area contributed by atoms with Crippen LogP contribution in [0.15, 0.2) is 18.2 Å². The van der Waals surface area contributed by atoms with Crippen LogP contribution < -0.4 is 11.1 Å². The highest BCUT2D eigenvalue weighted by atomic mass is 35.5. The van der Waals surface area contributed by atoms with Crippen LogP contribution in [0, 0.1) is 0 Å². The number of hydrogen-bond acceptors (Lipinski definition) is 3. The van der Waals surface area contributed by atoms with Crippen LogP contribution in [0.2, 0.25) is 10.0 Å². The fourth-order valence-electron chi connectivity index (χ4n) is 2.73. The first-order valence-corrected chi connectivity index (χ1v) is 8.18. The molecule has 130 valence electrons. The molecule has 7 heteroatoms. The lowest BCUT2D eigenvalue weighted by atomic mass is 9.84.